The second-order valence-electron chi connectivity index (χ2n) is 15.3. The number of unbranched alkanes of at least 4 members (excludes halogenated alkanes) is 16. The summed E-state index contributed by atoms with van der Waals surface area (Å²) in [5, 5.41) is 55.5. The van der Waals surface area contributed by atoms with Gasteiger partial charge in [0.25, 0.3) is 0 Å². The van der Waals surface area contributed by atoms with Crippen molar-refractivity contribution in [2.75, 3.05) is 6.54 Å². The lowest BCUT2D eigenvalue weighted by Crippen LogP contribution is -2.45. The fraction of sp³-hybridized carbons (Fsp3) is 0.780. The molecule has 0 fully saturated rings. The molecule has 0 radical (unpaired) electrons. The topological polar surface area (TPSA) is 329 Å². The van der Waals surface area contributed by atoms with Gasteiger partial charge in [-0.2, -0.15) is 0 Å². The normalized spacial score (nSPS) is 12.9. The van der Waals surface area contributed by atoms with Gasteiger partial charge in [-0.25, -0.2) is 14.4 Å². The molecular formula is C41H71N5O14. The van der Waals surface area contributed by atoms with Gasteiger partial charge in [0.1, 0.15) is 24.2 Å². The van der Waals surface area contributed by atoms with Crippen molar-refractivity contribution < 1.29 is 68.7 Å². The number of carbonyl (C=O) groups excluding carboxylic acids is 4. The van der Waals surface area contributed by atoms with E-state index in [2.05, 4.69) is 21.3 Å². The SMILES string of the molecule is N[C@@H](CCCCNC(=O)CC[C@H](NC(=O)CC[C@H](NC(=O)CC[C@H](NC(=O)CCCCCCCCCCCCCCCCCCC(=O)O)C(=O)O)C(=O)O)C(=O)O)C(=O)O. The number of hydrogen-bond acceptors (Lipinski definition) is 10. The lowest BCUT2D eigenvalue weighted by molar-refractivity contribution is -0.144. The Balaban J connectivity index is 4.29. The Bertz CT molecular complexity index is 1330. The molecule has 0 spiro atoms. The van der Waals surface area contributed by atoms with E-state index in [0.717, 1.165) is 51.4 Å². The highest BCUT2D eigenvalue weighted by Crippen LogP contribution is 2.15. The van der Waals surface area contributed by atoms with Crippen LogP contribution < -0.4 is 27.0 Å². The van der Waals surface area contributed by atoms with Crippen LogP contribution in [0.1, 0.15) is 173 Å². The van der Waals surface area contributed by atoms with Crippen LogP contribution in [0.15, 0.2) is 0 Å². The summed E-state index contributed by atoms with van der Waals surface area (Å²) in [6.45, 7) is 0.218. The number of carboxylic acids is 5. The first-order valence-electron chi connectivity index (χ1n) is 21.6. The van der Waals surface area contributed by atoms with Gasteiger partial charge in [-0.05, 0) is 51.4 Å². The predicted octanol–water partition coefficient (Wildman–Crippen LogP) is 3.84. The van der Waals surface area contributed by atoms with Gasteiger partial charge < -0.3 is 52.5 Å². The van der Waals surface area contributed by atoms with Crippen LogP contribution in [0.25, 0.3) is 0 Å². The predicted molar refractivity (Wildman–Crippen MR) is 220 cm³/mol. The minimum Gasteiger partial charge on any atom is -0.481 e. The highest BCUT2D eigenvalue weighted by Gasteiger charge is 2.26. The van der Waals surface area contributed by atoms with E-state index in [1.807, 2.05) is 0 Å². The Morgan fingerprint density at radius 3 is 1.00 bits per heavy atom. The molecule has 60 heavy (non-hydrogen) atoms. The number of nitrogens with one attached hydrogen (secondary N) is 4. The summed E-state index contributed by atoms with van der Waals surface area (Å²) in [6, 6.07) is -5.37. The van der Waals surface area contributed by atoms with Crippen LogP contribution in [0.2, 0.25) is 0 Å². The molecule has 0 saturated heterocycles. The first kappa shape index (κ1) is 55.2. The second-order valence-corrected chi connectivity index (χ2v) is 15.3. The van der Waals surface area contributed by atoms with Crippen LogP contribution in [0, 0.1) is 0 Å². The van der Waals surface area contributed by atoms with Gasteiger partial charge >= 0.3 is 29.8 Å². The summed E-state index contributed by atoms with van der Waals surface area (Å²) < 4.78 is 0. The second kappa shape index (κ2) is 35.0. The minimum atomic E-state index is -1.55. The van der Waals surface area contributed by atoms with E-state index in [1.165, 1.54) is 44.9 Å². The number of rotatable bonds is 40. The molecule has 0 rings (SSSR count). The zero-order valence-corrected chi connectivity index (χ0v) is 35.1. The van der Waals surface area contributed by atoms with Crippen LogP contribution in [-0.2, 0) is 43.2 Å². The monoisotopic (exact) mass is 857 g/mol. The Kier molecular flexibility index (Phi) is 32.2. The molecule has 19 heteroatoms. The van der Waals surface area contributed by atoms with Gasteiger partial charge in [-0.1, -0.05) is 89.9 Å². The van der Waals surface area contributed by atoms with Crippen molar-refractivity contribution in [3.63, 3.8) is 0 Å². The van der Waals surface area contributed by atoms with Crippen molar-refractivity contribution in [1.82, 2.24) is 21.3 Å². The molecule has 0 unspecified atom stereocenters. The van der Waals surface area contributed by atoms with Crippen molar-refractivity contribution in [2.24, 2.45) is 5.73 Å². The number of aliphatic carboxylic acids is 5. The number of nitrogens with two attached hydrogens (primary N) is 1. The summed E-state index contributed by atoms with van der Waals surface area (Å²) in [5.41, 5.74) is 5.41. The fourth-order valence-corrected chi connectivity index (χ4v) is 6.36. The van der Waals surface area contributed by atoms with Gasteiger partial charge in [0.05, 0.1) is 0 Å². The maximum Gasteiger partial charge on any atom is 0.326 e. The minimum absolute atomic E-state index is 0.130. The highest BCUT2D eigenvalue weighted by molar-refractivity contribution is 5.87. The quantitative estimate of drug-likeness (QED) is 0.0392. The third kappa shape index (κ3) is 32.1. The molecule has 4 atom stereocenters. The lowest BCUT2D eigenvalue weighted by Gasteiger charge is -2.18. The van der Waals surface area contributed by atoms with Crippen LogP contribution >= 0.6 is 0 Å². The summed E-state index contributed by atoms with van der Waals surface area (Å²) in [4.78, 5) is 106. The smallest absolute Gasteiger partial charge is 0.326 e. The fourth-order valence-electron chi connectivity index (χ4n) is 6.36. The third-order valence-corrected chi connectivity index (χ3v) is 10.0. The third-order valence-electron chi connectivity index (χ3n) is 10.0. The molecule has 0 aromatic carbocycles. The van der Waals surface area contributed by atoms with Crippen LogP contribution in [-0.4, -0.2) is 110 Å². The van der Waals surface area contributed by atoms with Crippen molar-refractivity contribution in [2.45, 2.75) is 198 Å². The van der Waals surface area contributed by atoms with Crippen molar-refractivity contribution in [1.29, 1.82) is 0 Å². The van der Waals surface area contributed by atoms with Gasteiger partial charge in [-0.15, -0.1) is 0 Å². The van der Waals surface area contributed by atoms with Gasteiger partial charge in [-0.3, -0.25) is 28.8 Å². The first-order valence-corrected chi connectivity index (χ1v) is 21.6. The van der Waals surface area contributed by atoms with E-state index in [1.54, 1.807) is 0 Å². The van der Waals surface area contributed by atoms with Crippen LogP contribution in [0.3, 0.4) is 0 Å². The molecule has 0 aromatic rings. The maximum atomic E-state index is 12.5. The average Bonchev–Trinajstić information content (AvgIpc) is 3.18. The van der Waals surface area contributed by atoms with E-state index in [9.17, 15) is 58.5 Å². The Morgan fingerprint density at radius 1 is 0.350 bits per heavy atom. The lowest BCUT2D eigenvalue weighted by atomic mass is 10.0. The zero-order chi connectivity index (χ0) is 45.1. The molecule has 0 aliphatic carbocycles. The molecule has 0 saturated carbocycles. The van der Waals surface area contributed by atoms with E-state index in [-0.39, 0.29) is 45.1 Å². The molecule has 0 aliphatic heterocycles. The van der Waals surface area contributed by atoms with Crippen molar-refractivity contribution in [3.05, 3.63) is 0 Å². The van der Waals surface area contributed by atoms with Crippen LogP contribution in [0.4, 0.5) is 0 Å². The Morgan fingerprint density at radius 2 is 0.667 bits per heavy atom. The molecule has 344 valence electrons. The standard InChI is InChI=1S/C41H71N5O14/c42-29(38(53)54)19-17-18-28-43-33(47)25-22-30(39(55)56)45-35(49)27-24-32(41(59)60)46-36(50)26-23-31(40(57)58)44-34(48)20-15-13-11-9-7-5-3-1-2-4-6-8-10-12-14-16-21-37(51)52/h29-32H,1-28,42H2,(H,43,47)(H,44,48)(H,45,49)(H,46,50)(H,51,52)(H,53,54)(H,55,56)(H,57,58)(H,59,60)/t29-,30-,31-,32-/m0/s1. The number of carboxylic acid groups (broad SMARTS) is 5. The largest absolute Gasteiger partial charge is 0.481 e. The Hall–Kier alpha value is -4.81. The number of hydrogen-bond donors (Lipinski definition) is 10. The molecular weight excluding hydrogens is 786 g/mol. The van der Waals surface area contributed by atoms with Crippen molar-refractivity contribution >= 4 is 53.5 Å². The van der Waals surface area contributed by atoms with Crippen LogP contribution in [0.5, 0.6) is 0 Å². The Labute approximate surface area is 352 Å². The van der Waals surface area contributed by atoms with Gasteiger partial charge in [0.2, 0.25) is 23.6 Å². The molecule has 0 bridgehead atoms. The highest BCUT2D eigenvalue weighted by atomic mass is 16.4. The molecule has 0 aliphatic rings. The summed E-state index contributed by atoms with van der Waals surface area (Å²) in [7, 11) is 0. The number of carbonyl (C=O) groups is 9. The van der Waals surface area contributed by atoms with E-state index < -0.39 is 96.9 Å². The van der Waals surface area contributed by atoms with Crippen molar-refractivity contribution in [3.8, 4) is 0 Å². The van der Waals surface area contributed by atoms with Gasteiger partial charge in [0, 0.05) is 38.6 Å². The van der Waals surface area contributed by atoms with E-state index in [4.69, 9.17) is 15.9 Å². The molecule has 19 nitrogen and oxygen atoms in total. The maximum absolute atomic E-state index is 12.5. The zero-order valence-electron chi connectivity index (χ0n) is 35.1. The molecule has 0 heterocycles. The summed E-state index contributed by atoms with van der Waals surface area (Å²) in [5.74, 6) is -8.70. The van der Waals surface area contributed by atoms with Gasteiger partial charge in [0.15, 0.2) is 0 Å². The molecule has 0 aromatic heterocycles. The molecule has 11 N–H and O–H groups in total. The summed E-state index contributed by atoms with van der Waals surface area (Å²) >= 11 is 0. The van der Waals surface area contributed by atoms with E-state index in [0.29, 0.717) is 19.3 Å². The summed E-state index contributed by atoms with van der Waals surface area (Å²) in [6.07, 6.45) is 16.4. The molecule has 4 amide bonds. The number of amides is 4. The van der Waals surface area contributed by atoms with E-state index >= 15 is 0 Å². The first-order chi connectivity index (χ1) is 28.5. The average molecular weight is 858 g/mol.